The predicted octanol–water partition coefficient (Wildman–Crippen LogP) is 4.52. The first-order chi connectivity index (χ1) is 8.63. The minimum atomic E-state index is 0.0845. The summed E-state index contributed by atoms with van der Waals surface area (Å²) in [5, 5.41) is 9.42. The van der Waals surface area contributed by atoms with Gasteiger partial charge in [-0.3, -0.25) is 0 Å². The molecular formula is C16H20O2. The fourth-order valence-electron chi connectivity index (χ4n) is 1.56. The summed E-state index contributed by atoms with van der Waals surface area (Å²) >= 11 is 0. The van der Waals surface area contributed by atoms with Crippen LogP contribution in [0.15, 0.2) is 66.7 Å². The Labute approximate surface area is 109 Å². The first-order valence-electron chi connectivity index (χ1n) is 6.08. The van der Waals surface area contributed by atoms with Crippen LogP contribution in [0.4, 0.5) is 0 Å². The van der Waals surface area contributed by atoms with Crippen LogP contribution in [0, 0.1) is 0 Å². The number of allylic oxidation sites excluding steroid dienone is 2. The molecule has 0 radical (unpaired) electrons. The Balaban J connectivity index is 2.55. The minimum Gasteiger partial charge on any atom is -0.508 e. The molecule has 1 rings (SSSR count). The van der Waals surface area contributed by atoms with Crippen LogP contribution in [0.5, 0.6) is 0 Å². The van der Waals surface area contributed by atoms with Gasteiger partial charge in [0.25, 0.3) is 0 Å². The van der Waals surface area contributed by atoms with Gasteiger partial charge in [-0.1, -0.05) is 56.8 Å². The molecule has 0 aliphatic rings. The Hall–Kier alpha value is -1.96. The normalized spacial score (nSPS) is 11.1. The zero-order chi connectivity index (χ0) is 13.4. The molecule has 1 aromatic rings. The maximum absolute atomic E-state index is 9.42. The molecule has 0 saturated heterocycles. The van der Waals surface area contributed by atoms with Crippen LogP contribution in [-0.2, 0) is 11.3 Å². The van der Waals surface area contributed by atoms with Gasteiger partial charge in [0, 0.05) is 0 Å². The molecule has 2 heteroatoms. The third kappa shape index (κ3) is 4.91. The lowest BCUT2D eigenvalue weighted by atomic mass is 10.1. The molecule has 0 atom stereocenters. The maximum Gasteiger partial charge on any atom is 0.113 e. The molecule has 2 nitrogen and oxygen atoms in total. The third-order valence-electron chi connectivity index (χ3n) is 2.49. The van der Waals surface area contributed by atoms with Crippen LogP contribution in [0.25, 0.3) is 0 Å². The molecule has 18 heavy (non-hydrogen) atoms. The topological polar surface area (TPSA) is 29.5 Å². The van der Waals surface area contributed by atoms with E-state index in [2.05, 4.69) is 13.2 Å². The molecule has 0 aliphatic carbocycles. The molecule has 1 aromatic carbocycles. The fourth-order valence-corrected chi connectivity index (χ4v) is 1.56. The predicted molar refractivity (Wildman–Crippen MR) is 75.1 cm³/mol. The van der Waals surface area contributed by atoms with Crippen molar-refractivity contribution in [3.05, 3.63) is 72.2 Å². The van der Waals surface area contributed by atoms with E-state index in [1.54, 1.807) is 6.08 Å². The van der Waals surface area contributed by atoms with Crippen LogP contribution in [0.3, 0.4) is 0 Å². The number of rotatable bonds is 7. The smallest absolute Gasteiger partial charge is 0.113 e. The zero-order valence-corrected chi connectivity index (χ0v) is 10.9. The van der Waals surface area contributed by atoms with Crippen LogP contribution < -0.4 is 0 Å². The molecule has 0 unspecified atom stereocenters. The van der Waals surface area contributed by atoms with E-state index in [0.29, 0.717) is 12.4 Å². The highest BCUT2D eigenvalue weighted by Crippen LogP contribution is 2.15. The second kappa shape index (κ2) is 7.38. The standard InChI is InChI=1S/C16H20O2/c1-4-8-16(14(3)17)11-13(2)18-12-15-9-6-5-7-10-15/h5-7,9-11,17H,2-4,8,12H2,1H3/b16-11-. The second-order valence-electron chi connectivity index (χ2n) is 4.11. The summed E-state index contributed by atoms with van der Waals surface area (Å²) in [6.07, 6.45) is 3.45. The summed E-state index contributed by atoms with van der Waals surface area (Å²) in [5.41, 5.74) is 1.86. The molecule has 96 valence electrons. The lowest BCUT2D eigenvalue weighted by Crippen LogP contribution is -1.93. The number of aliphatic hydroxyl groups is 1. The van der Waals surface area contributed by atoms with E-state index in [0.717, 1.165) is 24.0 Å². The van der Waals surface area contributed by atoms with Crippen LogP contribution >= 0.6 is 0 Å². The van der Waals surface area contributed by atoms with Crippen molar-refractivity contribution in [1.29, 1.82) is 0 Å². The lowest BCUT2D eigenvalue weighted by Gasteiger charge is -2.08. The SMILES string of the molecule is C=C(/C=C(/CCC)C(=C)O)OCc1ccccc1. The Morgan fingerprint density at radius 3 is 2.50 bits per heavy atom. The van der Waals surface area contributed by atoms with E-state index in [1.165, 1.54) is 0 Å². The fraction of sp³-hybridized carbons (Fsp3) is 0.250. The first kappa shape index (κ1) is 14.1. The van der Waals surface area contributed by atoms with Crippen molar-refractivity contribution in [1.82, 2.24) is 0 Å². The highest BCUT2D eigenvalue weighted by molar-refractivity contribution is 5.28. The zero-order valence-electron chi connectivity index (χ0n) is 10.9. The van der Waals surface area contributed by atoms with E-state index < -0.39 is 0 Å². The van der Waals surface area contributed by atoms with Gasteiger partial charge in [-0.2, -0.15) is 0 Å². The average molecular weight is 244 g/mol. The quantitative estimate of drug-likeness (QED) is 0.564. The van der Waals surface area contributed by atoms with Crippen molar-refractivity contribution in [2.75, 3.05) is 0 Å². The monoisotopic (exact) mass is 244 g/mol. The Kier molecular flexibility index (Phi) is 5.78. The van der Waals surface area contributed by atoms with Gasteiger partial charge < -0.3 is 9.84 Å². The molecular weight excluding hydrogens is 224 g/mol. The van der Waals surface area contributed by atoms with Crippen molar-refractivity contribution in [3.8, 4) is 0 Å². The summed E-state index contributed by atoms with van der Waals surface area (Å²) in [4.78, 5) is 0. The van der Waals surface area contributed by atoms with Gasteiger partial charge in [0.1, 0.15) is 18.1 Å². The van der Waals surface area contributed by atoms with Gasteiger partial charge in [-0.25, -0.2) is 0 Å². The van der Waals surface area contributed by atoms with Gasteiger partial charge in [0.15, 0.2) is 0 Å². The molecule has 0 saturated carbocycles. The van der Waals surface area contributed by atoms with Crippen molar-refractivity contribution < 1.29 is 9.84 Å². The molecule has 1 N–H and O–H groups in total. The number of aliphatic hydroxyl groups excluding tert-OH is 1. The van der Waals surface area contributed by atoms with Gasteiger partial charge >= 0.3 is 0 Å². The van der Waals surface area contributed by atoms with Crippen molar-refractivity contribution in [2.45, 2.75) is 26.4 Å². The number of benzene rings is 1. The van der Waals surface area contributed by atoms with Crippen molar-refractivity contribution in [2.24, 2.45) is 0 Å². The molecule has 0 aliphatic heterocycles. The number of hydrogen-bond acceptors (Lipinski definition) is 2. The molecule has 0 bridgehead atoms. The lowest BCUT2D eigenvalue weighted by molar-refractivity contribution is 0.212. The highest BCUT2D eigenvalue weighted by atomic mass is 16.5. The molecule has 0 amide bonds. The average Bonchev–Trinajstić information content (AvgIpc) is 2.37. The summed E-state index contributed by atoms with van der Waals surface area (Å²) < 4.78 is 5.53. The Morgan fingerprint density at radius 1 is 1.28 bits per heavy atom. The Morgan fingerprint density at radius 2 is 1.94 bits per heavy atom. The first-order valence-corrected chi connectivity index (χ1v) is 6.08. The van der Waals surface area contributed by atoms with Gasteiger partial charge in [-0.15, -0.1) is 0 Å². The summed E-state index contributed by atoms with van der Waals surface area (Å²) in [5.74, 6) is 0.624. The number of hydrogen-bond donors (Lipinski definition) is 1. The van der Waals surface area contributed by atoms with Crippen molar-refractivity contribution >= 4 is 0 Å². The van der Waals surface area contributed by atoms with Crippen LogP contribution in [0.2, 0.25) is 0 Å². The van der Waals surface area contributed by atoms with Gasteiger partial charge in [-0.05, 0) is 23.6 Å². The highest BCUT2D eigenvalue weighted by Gasteiger charge is 2.01. The number of ether oxygens (including phenoxy) is 1. The van der Waals surface area contributed by atoms with E-state index in [4.69, 9.17) is 4.74 Å². The van der Waals surface area contributed by atoms with Gasteiger partial charge in [0.2, 0.25) is 0 Å². The van der Waals surface area contributed by atoms with Crippen LogP contribution in [0.1, 0.15) is 25.3 Å². The molecule has 0 heterocycles. The van der Waals surface area contributed by atoms with E-state index in [1.807, 2.05) is 37.3 Å². The van der Waals surface area contributed by atoms with E-state index in [9.17, 15) is 5.11 Å². The third-order valence-corrected chi connectivity index (χ3v) is 2.49. The summed E-state index contributed by atoms with van der Waals surface area (Å²) in [6.45, 7) is 9.89. The summed E-state index contributed by atoms with van der Waals surface area (Å²) in [7, 11) is 0. The molecule has 0 spiro atoms. The molecule has 0 aromatic heterocycles. The van der Waals surface area contributed by atoms with E-state index in [-0.39, 0.29) is 5.76 Å². The maximum atomic E-state index is 9.42. The van der Waals surface area contributed by atoms with Crippen LogP contribution in [-0.4, -0.2) is 5.11 Å². The summed E-state index contributed by atoms with van der Waals surface area (Å²) in [6, 6.07) is 9.89. The molecule has 0 fully saturated rings. The second-order valence-corrected chi connectivity index (χ2v) is 4.11. The van der Waals surface area contributed by atoms with Crippen molar-refractivity contribution in [3.63, 3.8) is 0 Å². The van der Waals surface area contributed by atoms with Gasteiger partial charge in [0.05, 0.1) is 0 Å². The van der Waals surface area contributed by atoms with E-state index >= 15 is 0 Å². The minimum absolute atomic E-state index is 0.0845. The Bertz CT molecular complexity index is 430. The largest absolute Gasteiger partial charge is 0.508 e.